The summed E-state index contributed by atoms with van der Waals surface area (Å²) in [5.41, 5.74) is -10.9. The van der Waals surface area contributed by atoms with E-state index in [2.05, 4.69) is 0 Å². The summed E-state index contributed by atoms with van der Waals surface area (Å²) in [6, 6.07) is 0. The zero-order valence-electron chi connectivity index (χ0n) is 25.2. The average molecular weight is 746 g/mol. The zero-order chi connectivity index (χ0) is 40.0. The van der Waals surface area contributed by atoms with Crippen LogP contribution in [0.3, 0.4) is 0 Å². The van der Waals surface area contributed by atoms with Crippen LogP contribution in [0.4, 0.5) is 5.69 Å². The highest BCUT2D eigenvalue weighted by molar-refractivity contribution is 6.13. The Balaban J connectivity index is 2.11. The molecule has 0 amide bonds. The normalized spacial score (nSPS) is 26.5. The second-order valence-corrected chi connectivity index (χ2v) is 11.5. The van der Waals surface area contributed by atoms with E-state index in [1.54, 1.807) is 0 Å². The molecule has 2 aliphatic rings. The highest BCUT2D eigenvalue weighted by Crippen LogP contribution is 2.64. The number of aromatic hydroxyl groups is 6. The first-order valence-electron chi connectivity index (χ1n) is 13.1. The zero-order valence-corrected chi connectivity index (χ0v) is 25.2. The van der Waals surface area contributed by atoms with Crippen molar-refractivity contribution in [3.8, 4) is 46.0 Å². The fraction of sp³-hybridized carbons (Fsp3) is 0.458. The first-order chi connectivity index (χ1) is 22.7. The predicted octanol–water partition coefficient (Wildman–Crippen LogP) is -10.3. The maximum Gasteiger partial charge on any atom is 0.294 e. The maximum absolute atomic E-state index is 13.7. The van der Waals surface area contributed by atoms with Gasteiger partial charge in [-0.15, -0.1) is 4.90 Å². The fourth-order valence-electron chi connectivity index (χ4n) is 6.23. The van der Waals surface area contributed by atoms with E-state index in [0.29, 0.717) is 0 Å². The number of fused-ring (bicyclic) bond motifs is 1. The summed E-state index contributed by atoms with van der Waals surface area (Å²) in [5.74, 6) is -51.3. The predicted molar refractivity (Wildman–Crippen MR) is 147 cm³/mol. The van der Waals surface area contributed by atoms with Gasteiger partial charge in [-0.05, 0) is 0 Å². The highest BCUT2D eigenvalue weighted by Gasteiger charge is 2.96. The lowest BCUT2D eigenvalue weighted by molar-refractivity contribution is -0.649. The molecule has 2 aromatic carbocycles. The number of carbonyl (C=O) groups excluding carboxylic acids is 1. The number of ether oxygens (including phenoxy) is 2. The molecule has 25 N–H and O–H groups in total. The Morgan fingerprint density at radius 2 is 1.00 bits per heavy atom. The first-order valence-corrected chi connectivity index (χ1v) is 13.1. The van der Waals surface area contributed by atoms with Gasteiger partial charge in [0.2, 0.25) is 45.8 Å². The molecule has 27 nitrogen and oxygen atoms in total. The summed E-state index contributed by atoms with van der Waals surface area (Å²) < 4.78 is 9.67. The molecule has 1 aliphatic carbocycles. The number of ketones is 1. The second-order valence-electron chi connectivity index (χ2n) is 11.5. The molecule has 1 saturated heterocycles. The summed E-state index contributed by atoms with van der Waals surface area (Å²) in [6.45, 7) is 0. The minimum Gasteiger partial charge on any atom is -0.504 e. The monoisotopic (exact) mass is 745 g/mol. The Morgan fingerprint density at radius 3 is 1.37 bits per heavy atom. The van der Waals surface area contributed by atoms with Crippen LogP contribution in [0.1, 0.15) is 21.5 Å². The number of hydrogen-bond acceptors (Lipinski definition) is 27. The van der Waals surface area contributed by atoms with Gasteiger partial charge in [0.1, 0.15) is 5.56 Å². The number of carbonyl (C=O) groups is 1. The number of nitrogens with two attached hydrogens (primary N) is 2. The number of likely N-dealkylation sites (tertiary alicyclic amines) is 1. The van der Waals surface area contributed by atoms with E-state index in [4.69, 9.17) is 20.9 Å². The molecular weight excluding hydrogens is 714 g/mol. The third-order valence-corrected chi connectivity index (χ3v) is 8.91. The van der Waals surface area contributed by atoms with Crippen LogP contribution in [-0.2, 0) is 11.6 Å². The number of phenols is 6. The second kappa shape index (κ2) is 10.4. The molecule has 0 saturated carbocycles. The minimum absolute atomic E-state index is 0.813. The fourth-order valence-corrected chi connectivity index (χ4v) is 6.23. The Labute approximate surface area is 278 Å². The molecule has 1 aliphatic heterocycles. The van der Waals surface area contributed by atoms with Gasteiger partial charge in [-0.2, -0.15) is 0 Å². The molecule has 0 spiro atoms. The van der Waals surface area contributed by atoms with Crippen LogP contribution in [-0.4, -0.2) is 173 Å². The van der Waals surface area contributed by atoms with Crippen molar-refractivity contribution in [2.75, 3.05) is 20.0 Å². The van der Waals surface area contributed by atoms with Gasteiger partial charge in [0, 0.05) is 5.56 Å². The smallest absolute Gasteiger partial charge is 0.294 e. The van der Waals surface area contributed by atoms with Crippen LogP contribution in [0, 0.1) is 0 Å². The lowest BCUT2D eigenvalue weighted by Crippen LogP contribution is -3.00. The number of hydrogen-bond donors (Lipinski definition) is 23. The van der Waals surface area contributed by atoms with Crippen LogP contribution in [0.15, 0.2) is 0 Å². The van der Waals surface area contributed by atoms with Crippen molar-refractivity contribution >= 4 is 11.5 Å². The van der Waals surface area contributed by atoms with Gasteiger partial charge in [0.25, 0.3) is 29.3 Å². The van der Waals surface area contributed by atoms with Gasteiger partial charge >= 0.3 is 0 Å². The number of rotatable bonds is 6. The first kappa shape index (κ1) is 39.4. The molecule has 0 radical (unpaired) electrons. The maximum atomic E-state index is 13.7. The number of aliphatic hydroxyl groups is 15. The number of piperidine rings is 1. The van der Waals surface area contributed by atoms with Crippen LogP contribution in [0.2, 0.25) is 0 Å². The van der Waals surface area contributed by atoms with E-state index in [-0.39, 0.29) is 0 Å². The van der Waals surface area contributed by atoms with Crippen molar-refractivity contribution in [3.63, 3.8) is 0 Å². The number of methoxy groups -OCH3 is 2. The van der Waals surface area contributed by atoms with Crippen molar-refractivity contribution in [1.82, 2.24) is 4.90 Å². The molecule has 0 aromatic heterocycles. The lowest BCUT2D eigenvalue weighted by Gasteiger charge is -2.67. The number of phenolic OH excluding ortho intramolecular Hbond substituents is 6. The van der Waals surface area contributed by atoms with E-state index in [9.17, 15) is 112 Å². The van der Waals surface area contributed by atoms with Crippen LogP contribution >= 0.6 is 0 Å². The number of benzene rings is 2. The molecule has 2 atom stereocenters. The minimum atomic E-state index is -6.13. The van der Waals surface area contributed by atoms with Crippen LogP contribution < -0.4 is 20.9 Å². The molecule has 1 heterocycles. The molecule has 4 rings (SSSR count). The van der Waals surface area contributed by atoms with Crippen molar-refractivity contribution in [1.29, 1.82) is 0 Å². The molecule has 2 unspecified atom stereocenters. The molecule has 2 aromatic rings. The van der Waals surface area contributed by atoms with Crippen molar-refractivity contribution in [3.05, 3.63) is 16.7 Å². The van der Waals surface area contributed by atoms with E-state index in [0.717, 1.165) is 14.2 Å². The molecule has 1 fully saturated rings. The lowest BCUT2D eigenvalue weighted by atomic mass is 9.62. The van der Waals surface area contributed by atoms with Gasteiger partial charge in [-0.3, -0.25) is 10.5 Å². The summed E-state index contributed by atoms with van der Waals surface area (Å²) >= 11 is 0. The Hall–Kier alpha value is -4.37. The van der Waals surface area contributed by atoms with E-state index in [1.807, 2.05) is 0 Å². The number of anilines is 1. The van der Waals surface area contributed by atoms with Crippen molar-refractivity contribution in [2.45, 2.75) is 52.0 Å². The van der Waals surface area contributed by atoms with E-state index < -0.39 is 131 Å². The highest BCUT2D eigenvalue weighted by atomic mass is 16.7. The van der Waals surface area contributed by atoms with E-state index in [1.165, 1.54) is 0 Å². The van der Waals surface area contributed by atoms with Gasteiger partial charge in [0.15, 0.2) is 28.7 Å². The number of nitrogens with zero attached hydrogens (tertiary/aromatic N) is 1. The van der Waals surface area contributed by atoms with Crippen LogP contribution in [0.5, 0.6) is 46.0 Å². The number of Topliss-reactive ketones (excluding diaryl/α,β-unsaturated/α-hetero) is 1. The SMILES string of the molecule is COc1c(N)c2c(c(O)c1OC)C(=O)C(O)(C(O)(O)C1(O)C(O)(O)C(O)(O)N(C(O)(O)c3c(O)c(O)c(O)c(O)c3O)C(O)(O)C1(O)O)C2(N)O. The third kappa shape index (κ3) is 3.83. The molecule has 27 heteroatoms. The number of nitrogen functional groups attached to an aromatic ring is 1. The van der Waals surface area contributed by atoms with Crippen molar-refractivity contribution in [2.24, 2.45) is 5.73 Å². The van der Waals surface area contributed by atoms with Gasteiger partial charge < -0.3 is 122 Å². The van der Waals surface area contributed by atoms with Crippen LogP contribution in [0.25, 0.3) is 0 Å². The Kier molecular flexibility index (Phi) is 8.01. The Morgan fingerprint density at radius 1 is 0.627 bits per heavy atom. The molecule has 286 valence electrons. The summed E-state index contributed by atoms with van der Waals surface area (Å²) in [7, 11) is 1.65. The quantitative estimate of drug-likeness (QED) is 0.0565. The standard InChI is InChI=1S/C24H31N3O24/c1-50-13-6(25)4-3(7(28)14(13)51-2)15(34)16(35,17(4,26)36)20(40,41)19(39)21(42,43)23(46,47)27(24(48,49)22(19,44)45)18(37,38)5-8(29)10(31)12(33)11(32)9(5)30/h28-33,35-49H,25-26H2,1-2H3. The van der Waals surface area contributed by atoms with E-state index >= 15 is 0 Å². The van der Waals surface area contributed by atoms with Gasteiger partial charge in [0.05, 0.1) is 25.5 Å². The Bertz CT molecular complexity index is 1800. The van der Waals surface area contributed by atoms with Crippen molar-refractivity contribution < 1.29 is 122 Å². The average Bonchev–Trinajstić information content (AvgIpc) is 3.16. The summed E-state index contributed by atoms with van der Waals surface area (Å²) in [6.07, 6.45) is 0. The molecular formula is C24H31N3O24. The topological polar surface area (TPSA) is 516 Å². The molecule has 0 bridgehead atoms. The summed E-state index contributed by atoms with van der Waals surface area (Å²) in [4.78, 5) is 11.7. The molecule has 51 heavy (non-hydrogen) atoms. The van der Waals surface area contributed by atoms with Gasteiger partial charge in [-0.25, -0.2) is 0 Å². The largest absolute Gasteiger partial charge is 0.504 e. The van der Waals surface area contributed by atoms with Gasteiger partial charge in [-0.1, -0.05) is 0 Å². The third-order valence-electron chi connectivity index (χ3n) is 8.91. The summed E-state index contributed by atoms with van der Waals surface area (Å²) in [5, 5.41) is 226.